The summed E-state index contributed by atoms with van der Waals surface area (Å²) in [6, 6.07) is 35.8. The Kier molecular flexibility index (Phi) is 19.0. The number of amides is 2. The van der Waals surface area contributed by atoms with Crippen molar-refractivity contribution in [2.75, 3.05) is 77.1 Å². The van der Waals surface area contributed by atoms with Gasteiger partial charge in [-0.15, -0.1) is 22.7 Å². The zero-order valence-electron chi connectivity index (χ0n) is 49.5. The Balaban J connectivity index is 0.000000179. The van der Waals surface area contributed by atoms with Gasteiger partial charge in [0.05, 0.1) is 11.4 Å². The molecule has 86 heavy (non-hydrogen) atoms. The third kappa shape index (κ3) is 15.6. The lowest BCUT2D eigenvalue weighted by molar-refractivity contribution is 0.101. The van der Waals surface area contributed by atoms with Crippen molar-refractivity contribution in [2.24, 2.45) is 0 Å². The van der Waals surface area contributed by atoms with Crippen molar-refractivity contribution in [2.45, 2.75) is 53.6 Å². The summed E-state index contributed by atoms with van der Waals surface area (Å²) in [5.74, 6) is 1.16. The number of thiazole rings is 2. The van der Waals surface area contributed by atoms with Crippen LogP contribution in [-0.4, -0.2) is 138 Å². The molecule has 10 aromatic rings. The van der Waals surface area contributed by atoms with E-state index in [1.807, 2.05) is 123 Å². The van der Waals surface area contributed by atoms with E-state index in [4.69, 9.17) is 9.97 Å². The summed E-state index contributed by atoms with van der Waals surface area (Å²) in [4.78, 5) is 73.7. The highest BCUT2D eigenvalue weighted by atomic mass is 32.1. The fraction of sp³-hybridized carbons (Fsp3) is 0.265. The molecule has 2 aliphatic rings. The maximum Gasteiger partial charge on any atom is 0.255 e. The molecule has 0 atom stereocenters. The molecule has 2 amide bonds. The van der Waals surface area contributed by atoms with Crippen molar-refractivity contribution in [3.8, 4) is 43.7 Å². The second kappa shape index (κ2) is 27.6. The Morgan fingerprint density at radius 2 is 0.942 bits per heavy atom. The third-order valence-electron chi connectivity index (χ3n) is 15.6. The van der Waals surface area contributed by atoms with E-state index < -0.39 is 0 Å². The minimum Gasteiger partial charge on any atom is -0.322 e. The number of aromatic nitrogens is 8. The summed E-state index contributed by atoms with van der Waals surface area (Å²) in [6.45, 7) is 18.6. The monoisotopic (exact) mass is 1180 g/mol. The summed E-state index contributed by atoms with van der Waals surface area (Å²) in [5, 5.41) is 10.1. The molecule has 0 aliphatic carbocycles. The summed E-state index contributed by atoms with van der Waals surface area (Å²) >= 11 is 3.25. The standard InChI is InChI=1S/2C34H35N7OS/c1-23-4-9-30(38-33(42)26-7-5-25(6-8-26)21-41-14-12-40(3)13-15-41)17-27(23)18-32-36-11-10-31(39-32)28-16-29(20-35-19-28)34-37-24(2)22-43-34;1-23-4-9-30(38-33(42)26-7-5-25(6-8-26)22-41-14-12-40(3)13-15-41)17-27(23)18-32-36-11-10-31(39-32)28-16-29(21-35-20-28)34-37-19-24(2)43-34/h4-11,16-17,19-20,22H,12-15,18,21H2,1-3H3,(H,38,42);4-11,16-17,19-21H,12-15,18,22H2,1-3H3,(H,38,42). The van der Waals surface area contributed by atoms with Gasteiger partial charge in [0, 0.05) is 182 Å². The first kappa shape index (κ1) is 59.1. The molecule has 2 N–H and O–H groups in total. The molecule has 4 aromatic carbocycles. The number of nitrogens with one attached hydrogen (secondary N) is 2. The minimum absolute atomic E-state index is 0.123. The highest BCUT2D eigenvalue weighted by Crippen LogP contribution is 2.30. The Morgan fingerprint density at radius 1 is 0.488 bits per heavy atom. The molecule has 2 saturated heterocycles. The van der Waals surface area contributed by atoms with Gasteiger partial charge in [-0.2, -0.15) is 0 Å². The number of rotatable bonds is 16. The topological polar surface area (TPSA) is 174 Å². The van der Waals surface area contributed by atoms with E-state index in [1.54, 1.807) is 35.1 Å². The number of aryl methyl sites for hydroxylation is 4. The number of hydrogen-bond acceptors (Lipinski definition) is 16. The van der Waals surface area contributed by atoms with E-state index in [2.05, 4.69) is 124 Å². The van der Waals surface area contributed by atoms with Gasteiger partial charge in [0.25, 0.3) is 11.8 Å². The second-order valence-corrected chi connectivity index (χ2v) is 24.4. The quantitative estimate of drug-likeness (QED) is 0.0935. The largest absolute Gasteiger partial charge is 0.322 e. The molecule has 16 nitrogen and oxygen atoms in total. The Hall–Kier alpha value is -8.62. The van der Waals surface area contributed by atoms with E-state index in [0.717, 1.165) is 153 Å². The fourth-order valence-corrected chi connectivity index (χ4v) is 11.9. The van der Waals surface area contributed by atoms with Crippen LogP contribution in [0.25, 0.3) is 43.7 Å². The molecule has 18 heteroatoms. The highest BCUT2D eigenvalue weighted by molar-refractivity contribution is 7.15. The molecule has 2 aliphatic heterocycles. The Labute approximate surface area is 511 Å². The normalized spacial score (nSPS) is 14.1. The third-order valence-corrected chi connectivity index (χ3v) is 17.5. The van der Waals surface area contributed by atoms with Crippen molar-refractivity contribution in [1.29, 1.82) is 0 Å². The maximum absolute atomic E-state index is 13.1. The number of hydrogen-bond donors (Lipinski definition) is 2. The highest BCUT2D eigenvalue weighted by Gasteiger charge is 2.18. The smallest absolute Gasteiger partial charge is 0.255 e. The lowest BCUT2D eigenvalue weighted by Gasteiger charge is -2.32. The van der Waals surface area contributed by atoms with Crippen molar-refractivity contribution < 1.29 is 9.59 Å². The summed E-state index contributed by atoms with van der Waals surface area (Å²) in [5.41, 5.74) is 16.0. The lowest BCUT2D eigenvalue weighted by atomic mass is 10.0. The first-order chi connectivity index (χ1) is 41.8. The molecule has 0 spiro atoms. The second-order valence-electron chi connectivity index (χ2n) is 22.3. The lowest BCUT2D eigenvalue weighted by Crippen LogP contribution is -2.43. The van der Waals surface area contributed by atoms with Crippen LogP contribution in [0.15, 0.2) is 158 Å². The van der Waals surface area contributed by atoms with Gasteiger partial charge >= 0.3 is 0 Å². The average Bonchev–Trinajstić information content (AvgIpc) is 4.32. The molecule has 2 fully saturated rings. The van der Waals surface area contributed by atoms with Crippen LogP contribution in [0.5, 0.6) is 0 Å². The molecule has 8 heterocycles. The molecule has 0 bridgehead atoms. The van der Waals surface area contributed by atoms with Crippen LogP contribution < -0.4 is 10.6 Å². The van der Waals surface area contributed by atoms with Crippen LogP contribution in [0.3, 0.4) is 0 Å². The summed E-state index contributed by atoms with van der Waals surface area (Å²) < 4.78 is 0. The van der Waals surface area contributed by atoms with Crippen LogP contribution in [-0.2, 0) is 25.9 Å². The number of benzene rings is 4. The summed E-state index contributed by atoms with van der Waals surface area (Å²) in [6.07, 6.45) is 13.8. The van der Waals surface area contributed by atoms with Crippen LogP contribution in [0.2, 0.25) is 0 Å². The minimum atomic E-state index is -0.123. The molecule has 436 valence electrons. The first-order valence-corrected chi connectivity index (χ1v) is 30.7. The van der Waals surface area contributed by atoms with Gasteiger partial charge in [-0.1, -0.05) is 36.4 Å². The van der Waals surface area contributed by atoms with E-state index in [0.29, 0.717) is 35.6 Å². The van der Waals surface area contributed by atoms with Gasteiger partial charge in [-0.05, 0) is 148 Å². The van der Waals surface area contributed by atoms with Crippen LogP contribution in [0, 0.1) is 27.7 Å². The van der Waals surface area contributed by atoms with Gasteiger partial charge in [-0.3, -0.25) is 29.4 Å². The zero-order valence-corrected chi connectivity index (χ0v) is 51.1. The van der Waals surface area contributed by atoms with Crippen LogP contribution in [0.4, 0.5) is 11.4 Å². The fourth-order valence-electron chi connectivity index (χ4n) is 10.3. The van der Waals surface area contributed by atoms with Crippen LogP contribution >= 0.6 is 22.7 Å². The summed E-state index contributed by atoms with van der Waals surface area (Å²) in [7, 11) is 4.33. The molecule has 6 aromatic heterocycles. The molecule has 0 radical (unpaired) electrons. The van der Waals surface area contributed by atoms with Gasteiger partial charge in [0.2, 0.25) is 0 Å². The number of pyridine rings is 2. The SMILES string of the molecule is Cc1cnc(-c2cncc(-c3ccnc(Cc4cc(NC(=O)c5ccc(CN6CCN(C)CC6)cc5)ccc4C)n3)c2)s1.Cc1csc(-c2cncc(-c3ccnc(Cc4cc(NC(=O)c5ccc(CN6CCN(C)CC6)cc5)ccc4C)n3)c2)n1. The number of carbonyl (C=O) groups is 2. The van der Waals surface area contributed by atoms with Crippen LogP contribution in [0.1, 0.15) is 76.3 Å². The van der Waals surface area contributed by atoms with Crippen molar-refractivity contribution in [3.05, 3.63) is 225 Å². The molecule has 0 saturated carbocycles. The van der Waals surface area contributed by atoms with Gasteiger partial charge < -0.3 is 20.4 Å². The molecular formula is C68H70N14O2S2. The van der Waals surface area contributed by atoms with E-state index in [-0.39, 0.29) is 11.8 Å². The van der Waals surface area contributed by atoms with Gasteiger partial charge in [-0.25, -0.2) is 29.9 Å². The Morgan fingerprint density at radius 3 is 1.37 bits per heavy atom. The van der Waals surface area contributed by atoms with Gasteiger partial charge in [0.1, 0.15) is 21.7 Å². The number of likely N-dealkylation sites (N-methyl/N-ethyl adjacent to an activating group) is 2. The number of nitrogens with zero attached hydrogens (tertiary/aromatic N) is 12. The predicted molar refractivity (Wildman–Crippen MR) is 345 cm³/mol. The molecule has 12 rings (SSSR count). The number of piperazine rings is 2. The number of carbonyl (C=O) groups excluding carboxylic acids is 2. The van der Waals surface area contributed by atoms with Crippen molar-refractivity contribution in [1.82, 2.24) is 59.5 Å². The van der Waals surface area contributed by atoms with Crippen molar-refractivity contribution >= 4 is 45.9 Å². The maximum atomic E-state index is 13.1. The first-order valence-electron chi connectivity index (χ1n) is 29.0. The van der Waals surface area contributed by atoms with E-state index in [9.17, 15) is 9.59 Å². The Bertz CT molecular complexity index is 3710. The van der Waals surface area contributed by atoms with E-state index >= 15 is 0 Å². The molecule has 0 unspecified atom stereocenters. The average molecular weight is 1180 g/mol. The van der Waals surface area contributed by atoms with Gasteiger partial charge in [0.15, 0.2) is 0 Å². The van der Waals surface area contributed by atoms with E-state index in [1.165, 1.54) is 11.1 Å². The molecular weight excluding hydrogens is 1110 g/mol. The van der Waals surface area contributed by atoms with Crippen molar-refractivity contribution in [3.63, 3.8) is 0 Å². The predicted octanol–water partition coefficient (Wildman–Crippen LogP) is 11.7. The zero-order chi connectivity index (χ0) is 59.5. The number of anilines is 2.